The molecule has 110 valence electrons. The molecule has 1 heterocycles. The van der Waals surface area contributed by atoms with Crippen LogP contribution in [0.5, 0.6) is 0 Å². The fraction of sp³-hybridized carbons (Fsp3) is 0.500. The molecule has 1 aliphatic rings. The Hall–Kier alpha value is -1.69. The lowest BCUT2D eigenvalue weighted by atomic mass is 10.00. The normalized spacial score (nSPS) is 23.4. The molecule has 1 aromatic carbocycles. The molecule has 4 nitrogen and oxygen atoms in total. The van der Waals surface area contributed by atoms with Gasteiger partial charge in [-0.05, 0) is 38.8 Å². The van der Waals surface area contributed by atoms with E-state index in [1.165, 1.54) is 6.07 Å². The predicted molar refractivity (Wildman–Crippen MR) is 73.1 cm³/mol. The minimum atomic E-state index is -0.792. The molecule has 1 aromatic rings. The van der Waals surface area contributed by atoms with Crippen molar-refractivity contribution < 1.29 is 13.6 Å². The summed E-state index contributed by atoms with van der Waals surface area (Å²) in [6, 6.07) is 3.00. The molecular formula is C14H19F2N3O. The van der Waals surface area contributed by atoms with Gasteiger partial charge in [-0.15, -0.1) is 0 Å². The molecule has 2 amide bonds. The Balaban J connectivity index is 1.98. The fourth-order valence-corrected chi connectivity index (χ4v) is 2.50. The minimum Gasteiger partial charge on any atom is -0.304 e. The van der Waals surface area contributed by atoms with Crippen molar-refractivity contribution >= 4 is 11.7 Å². The van der Waals surface area contributed by atoms with Gasteiger partial charge < -0.3 is 5.32 Å². The predicted octanol–water partition coefficient (Wildman–Crippen LogP) is 3.26. The molecule has 0 bridgehead atoms. The van der Waals surface area contributed by atoms with Crippen molar-refractivity contribution in [1.29, 1.82) is 0 Å². The molecule has 6 heteroatoms. The van der Waals surface area contributed by atoms with Crippen LogP contribution in [-0.2, 0) is 0 Å². The Kier molecular flexibility index (Phi) is 4.54. The highest BCUT2D eigenvalue weighted by molar-refractivity contribution is 5.89. The lowest BCUT2D eigenvalue weighted by molar-refractivity contribution is 0.0625. The van der Waals surface area contributed by atoms with Gasteiger partial charge in [0, 0.05) is 18.2 Å². The lowest BCUT2D eigenvalue weighted by Gasteiger charge is -2.38. The second-order valence-corrected chi connectivity index (χ2v) is 5.23. The van der Waals surface area contributed by atoms with Crippen LogP contribution >= 0.6 is 0 Å². The Morgan fingerprint density at radius 1 is 1.25 bits per heavy atom. The van der Waals surface area contributed by atoms with E-state index in [0.717, 1.165) is 31.4 Å². The van der Waals surface area contributed by atoms with Crippen LogP contribution in [0.1, 0.15) is 33.1 Å². The van der Waals surface area contributed by atoms with Gasteiger partial charge in [0.2, 0.25) is 0 Å². The molecule has 0 aliphatic carbocycles. The van der Waals surface area contributed by atoms with Gasteiger partial charge in [0.1, 0.15) is 11.6 Å². The summed E-state index contributed by atoms with van der Waals surface area (Å²) in [7, 11) is 0. The Labute approximate surface area is 117 Å². The number of amides is 2. The summed E-state index contributed by atoms with van der Waals surface area (Å²) in [5.74, 6) is -1.47. The highest BCUT2D eigenvalue weighted by atomic mass is 19.1. The van der Waals surface area contributed by atoms with Gasteiger partial charge in [-0.2, -0.15) is 0 Å². The fourth-order valence-electron chi connectivity index (χ4n) is 2.50. The monoisotopic (exact) mass is 283 g/mol. The smallest absolute Gasteiger partial charge is 0.304 e. The zero-order chi connectivity index (χ0) is 14.7. The number of hydrogen-bond acceptors (Lipinski definition) is 2. The number of urea groups is 1. The molecule has 2 rings (SSSR count). The minimum absolute atomic E-state index is 0.0405. The molecule has 1 saturated heterocycles. The van der Waals surface area contributed by atoms with Crippen molar-refractivity contribution in [3.05, 3.63) is 29.8 Å². The average molecular weight is 283 g/mol. The van der Waals surface area contributed by atoms with Crippen molar-refractivity contribution in [2.24, 2.45) is 0 Å². The van der Waals surface area contributed by atoms with Crippen LogP contribution in [0.4, 0.5) is 19.3 Å². The molecule has 2 unspecified atom stereocenters. The summed E-state index contributed by atoms with van der Waals surface area (Å²) >= 11 is 0. The van der Waals surface area contributed by atoms with Crippen molar-refractivity contribution in [2.75, 3.05) is 5.32 Å². The van der Waals surface area contributed by atoms with E-state index in [2.05, 4.69) is 10.7 Å². The van der Waals surface area contributed by atoms with E-state index in [1.807, 2.05) is 18.9 Å². The van der Waals surface area contributed by atoms with Crippen LogP contribution in [-0.4, -0.2) is 23.1 Å². The van der Waals surface area contributed by atoms with Crippen LogP contribution in [0.15, 0.2) is 18.2 Å². The maximum absolute atomic E-state index is 13.4. The van der Waals surface area contributed by atoms with Gasteiger partial charge in [-0.1, -0.05) is 6.42 Å². The van der Waals surface area contributed by atoms with Crippen molar-refractivity contribution in [1.82, 2.24) is 10.4 Å². The maximum atomic E-state index is 13.4. The van der Waals surface area contributed by atoms with Crippen molar-refractivity contribution in [2.45, 2.75) is 45.2 Å². The van der Waals surface area contributed by atoms with Crippen LogP contribution in [0.2, 0.25) is 0 Å². The second-order valence-electron chi connectivity index (χ2n) is 5.23. The molecule has 0 aromatic heterocycles. The quantitative estimate of drug-likeness (QED) is 0.875. The third-order valence-electron chi connectivity index (χ3n) is 3.60. The van der Waals surface area contributed by atoms with E-state index in [9.17, 15) is 13.6 Å². The highest BCUT2D eigenvalue weighted by Gasteiger charge is 2.26. The van der Waals surface area contributed by atoms with Crippen LogP contribution in [0, 0.1) is 11.6 Å². The molecule has 0 spiro atoms. The van der Waals surface area contributed by atoms with Crippen molar-refractivity contribution in [3.8, 4) is 0 Å². The van der Waals surface area contributed by atoms with Gasteiger partial charge >= 0.3 is 6.03 Å². The lowest BCUT2D eigenvalue weighted by Crippen LogP contribution is -2.55. The van der Waals surface area contributed by atoms with E-state index < -0.39 is 17.7 Å². The topological polar surface area (TPSA) is 44.4 Å². The zero-order valence-electron chi connectivity index (χ0n) is 11.6. The summed E-state index contributed by atoms with van der Waals surface area (Å²) in [5, 5.41) is 4.27. The third kappa shape index (κ3) is 3.45. The van der Waals surface area contributed by atoms with E-state index in [1.54, 1.807) is 0 Å². The van der Waals surface area contributed by atoms with E-state index >= 15 is 0 Å². The number of benzene rings is 1. The summed E-state index contributed by atoms with van der Waals surface area (Å²) in [6.07, 6.45) is 3.15. The van der Waals surface area contributed by atoms with Crippen LogP contribution in [0.25, 0.3) is 0 Å². The van der Waals surface area contributed by atoms with Gasteiger partial charge in [-0.25, -0.2) is 18.6 Å². The van der Waals surface area contributed by atoms with Crippen molar-refractivity contribution in [3.63, 3.8) is 0 Å². The van der Waals surface area contributed by atoms with Crippen LogP contribution < -0.4 is 10.7 Å². The average Bonchev–Trinajstić information content (AvgIpc) is 2.37. The van der Waals surface area contributed by atoms with Crippen LogP contribution in [0.3, 0.4) is 0 Å². The molecular weight excluding hydrogens is 264 g/mol. The van der Waals surface area contributed by atoms with Gasteiger partial charge in [-0.3, -0.25) is 5.43 Å². The summed E-state index contributed by atoms with van der Waals surface area (Å²) < 4.78 is 26.2. The SMILES string of the molecule is CC1CCCC(C)N1NC(=O)Nc1ccc(F)cc1F. The molecule has 0 radical (unpaired) electrons. The molecule has 1 aliphatic heterocycles. The molecule has 0 saturated carbocycles. The van der Waals surface area contributed by atoms with E-state index in [-0.39, 0.29) is 17.8 Å². The number of hydrogen-bond donors (Lipinski definition) is 2. The highest BCUT2D eigenvalue weighted by Crippen LogP contribution is 2.20. The third-order valence-corrected chi connectivity index (χ3v) is 3.60. The summed E-state index contributed by atoms with van der Waals surface area (Å²) in [6.45, 7) is 4.07. The summed E-state index contributed by atoms with van der Waals surface area (Å²) in [4.78, 5) is 11.9. The maximum Gasteiger partial charge on any atom is 0.333 e. The first-order valence-electron chi connectivity index (χ1n) is 6.78. The van der Waals surface area contributed by atoms with E-state index in [0.29, 0.717) is 0 Å². The number of nitrogens with one attached hydrogen (secondary N) is 2. The number of halogens is 2. The molecule has 2 atom stereocenters. The summed E-state index contributed by atoms with van der Waals surface area (Å²) in [5.41, 5.74) is 2.69. The zero-order valence-corrected chi connectivity index (χ0v) is 11.6. The first-order valence-corrected chi connectivity index (χ1v) is 6.78. The molecule has 1 fully saturated rings. The number of anilines is 1. The number of piperidine rings is 1. The Bertz CT molecular complexity index is 485. The van der Waals surface area contributed by atoms with Gasteiger partial charge in [0.15, 0.2) is 0 Å². The Morgan fingerprint density at radius 3 is 2.50 bits per heavy atom. The molecule has 2 N–H and O–H groups in total. The first kappa shape index (κ1) is 14.7. The first-order chi connectivity index (χ1) is 9.47. The van der Waals surface area contributed by atoms with Gasteiger partial charge in [0.05, 0.1) is 5.69 Å². The number of rotatable bonds is 2. The van der Waals surface area contributed by atoms with E-state index in [4.69, 9.17) is 0 Å². The van der Waals surface area contributed by atoms with Gasteiger partial charge in [0.25, 0.3) is 0 Å². The number of carbonyl (C=O) groups is 1. The Morgan fingerprint density at radius 2 is 1.90 bits per heavy atom. The number of hydrazine groups is 1. The second kappa shape index (κ2) is 6.17. The molecule has 20 heavy (non-hydrogen) atoms. The standard InChI is InChI=1S/C14H19F2N3O/c1-9-4-3-5-10(2)19(9)18-14(20)17-13-7-6-11(15)8-12(13)16/h6-10H,3-5H2,1-2H3,(H2,17,18,20). The number of nitrogens with zero attached hydrogens (tertiary/aromatic N) is 1. The largest absolute Gasteiger partial charge is 0.333 e. The number of carbonyl (C=O) groups excluding carboxylic acids is 1.